The smallest absolute Gasteiger partial charge is 0.289 e. The molecule has 31 heavy (non-hydrogen) atoms. The topological polar surface area (TPSA) is 89.6 Å². The predicted molar refractivity (Wildman–Crippen MR) is 114 cm³/mol. The van der Waals surface area contributed by atoms with Gasteiger partial charge >= 0.3 is 0 Å². The first-order valence-electron chi connectivity index (χ1n) is 10.3. The van der Waals surface area contributed by atoms with Crippen LogP contribution in [0.4, 0.5) is 0 Å². The van der Waals surface area contributed by atoms with Crippen LogP contribution in [0.15, 0.2) is 59.5 Å². The maximum Gasteiger partial charge on any atom is 0.289 e. The molecule has 1 aromatic carbocycles. The van der Waals surface area contributed by atoms with Crippen LogP contribution in [0, 0.1) is 5.92 Å². The Morgan fingerprint density at radius 2 is 2.06 bits per heavy atom. The van der Waals surface area contributed by atoms with E-state index in [1.165, 1.54) is 6.26 Å². The summed E-state index contributed by atoms with van der Waals surface area (Å²) >= 11 is 0. The van der Waals surface area contributed by atoms with Gasteiger partial charge in [-0.3, -0.25) is 9.59 Å². The summed E-state index contributed by atoms with van der Waals surface area (Å²) < 4.78 is 12.4. The lowest BCUT2D eigenvalue weighted by molar-refractivity contribution is -0.126. The first-order chi connectivity index (χ1) is 15.1. The van der Waals surface area contributed by atoms with E-state index in [0.29, 0.717) is 18.8 Å². The van der Waals surface area contributed by atoms with E-state index in [0.717, 1.165) is 30.0 Å². The van der Waals surface area contributed by atoms with Crippen molar-refractivity contribution in [1.29, 1.82) is 0 Å². The number of aryl methyl sites for hydroxylation is 1. The van der Waals surface area contributed by atoms with Crippen LogP contribution in [0.3, 0.4) is 0 Å². The number of aromatic nitrogens is 2. The van der Waals surface area contributed by atoms with Gasteiger partial charge in [0.1, 0.15) is 17.6 Å². The molecule has 1 aliphatic heterocycles. The molecule has 1 fully saturated rings. The largest absolute Gasteiger partial charge is 0.497 e. The highest BCUT2D eigenvalue weighted by molar-refractivity contribution is 5.92. The lowest BCUT2D eigenvalue weighted by Crippen LogP contribution is -2.46. The third-order valence-corrected chi connectivity index (χ3v) is 5.66. The van der Waals surface area contributed by atoms with Crippen LogP contribution < -0.4 is 10.1 Å². The number of nitrogens with zero attached hydrogens (tertiary/aromatic N) is 3. The van der Waals surface area contributed by atoms with Gasteiger partial charge in [0.2, 0.25) is 5.91 Å². The number of likely N-dealkylation sites (tertiary alicyclic amines) is 1. The third kappa shape index (κ3) is 4.47. The number of piperidine rings is 1. The molecule has 2 atom stereocenters. The van der Waals surface area contributed by atoms with Crippen molar-refractivity contribution in [1.82, 2.24) is 19.8 Å². The van der Waals surface area contributed by atoms with E-state index in [-0.39, 0.29) is 17.7 Å². The standard InChI is InChI=1S/C23H26N4O4/c1-26-13-11-24-21(26)20(16-7-9-18(30-2)10-8-16)25-22(28)17-5-3-12-27(15-17)23(29)19-6-4-14-31-19/h4,6-11,13-14,17,20H,3,5,12,15H2,1-2H3,(H,25,28). The molecule has 0 saturated carbocycles. The Labute approximate surface area is 180 Å². The number of methoxy groups -OCH3 is 1. The van der Waals surface area contributed by atoms with Gasteiger partial charge in [0.15, 0.2) is 5.76 Å². The predicted octanol–water partition coefficient (Wildman–Crippen LogP) is 2.78. The van der Waals surface area contributed by atoms with Crippen LogP contribution in [-0.4, -0.2) is 46.5 Å². The minimum Gasteiger partial charge on any atom is -0.497 e. The van der Waals surface area contributed by atoms with E-state index in [9.17, 15) is 9.59 Å². The zero-order valence-electron chi connectivity index (χ0n) is 17.7. The molecule has 4 rings (SSSR count). The normalized spacial score (nSPS) is 17.2. The van der Waals surface area contributed by atoms with E-state index in [1.807, 2.05) is 42.1 Å². The number of ether oxygens (including phenoxy) is 1. The maximum atomic E-state index is 13.2. The molecule has 2 aromatic heterocycles. The van der Waals surface area contributed by atoms with Gasteiger partial charge in [-0.1, -0.05) is 12.1 Å². The summed E-state index contributed by atoms with van der Waals surface area (Å²) in [4.78, 5) is 32.0. The van der Waals surface area contributed by atoms with Crippen molar-refractivity contribution in [2.24, 2.45) is 13.0 Å². The van der Waals surface area contributed by atoms with E-state index in [1.54, 1.807) is 30.3 Å². The van der Waals surface area contributed by atoms with Gasteiger partial charge in [0.05, 0.1) is 19.3 Å². The molecule has 1 aliphatic rings. The first kappa shape index (κ1) is 20.7. The molecule has 162 valence electrons. The number of carbonyl (C=O) groups excluding carboxylic acids is 2. The van der Waals surface area contributed by atoms with Crippen molar-refractivity contribution in [2.45, 2.75) is 18.9 Å². The van der Waals surface area contributed by atoms with Crippen LogP contribution in [0.2, 0.25) is 0 Å². The molecule has 2 unspecified atom stereocenters. The second-order valence-electron chi connectivity index (χ2n) is 7.68. The summed E-state index contributed by atoms with van der Waals surface area (Å²) in [5.41, 5.74) is 0.905. The van der Waals surface area contributed by atoms with Gasteiger partial charge in [-0.15, -0.1) is 0 Å². The number of carbonyl (C=O) groups is 2. The summed E-state index contributed by atoms with van der Waals surface area (Å²) in [6, 6.07) is 10.5. The number of imidazole rings is 1. The average molecular weight is 422 g/mol. The Kier molecular flexibility index (Phi) is 6.06. The zero-order valence-corrected chi connectivity index (χ0v) is 17.7. The van der Waals surface area contributed by atoms with Gasteiger partial charge in [-0.2, -0.15) is 0 Å². The molecule has 8 heteroatoms. The maximum absolute atomic E-state index is 13.2. The molecule has 0 radical (unpaired) electrons. The highest BCUT2D eigenvalue weighted by atomic mass is 16.5. The van der Waals surface area contributed by atoms with Crippen molar-refractivity contribution >= 4 is 11.8 Å². The van der Waals surface area contributed by atoms with E-state index < -0.39 is 6.04 Å². The second kappa shape index (κ2) is 9.07. The molecule has 1 saturated heterocycles. The fraction of sp³-hybridized carbons (Fsp3) is 0.348. The number of nitrogens with one attached hydrogen (secondary N) is 1. The fourth-order valence-corrected chi connectivity index (χ4v) is 3.94. The summed E-state index contributed by atoms with van der Waals surface area (Å²) in [5.74, 6) is 1.20. The highest BCUT2D eigenvalue weighted by Crippen LogP contribution is 2.25. The number of furan rings is 1. The minimum absolute atomic E-state index is 0.0965. The number of hydrogen-bond acceptors (Lipinski definition) is 5. The second-order valence-corrected chi connectivity index (χ2v) is 7.68. The molecular weight excluding hydrogens is 396 g/mol. The Morgan fingerprint density at radius 3 is 2.71 bits per heavy atom. The fourth-order valence-electron chi connectivity index (χ4n) is 3.94. The zero-order chi connectivity index (χ0) is 21.8. The van der Waals surface area contributed by atoms with Gasteiger partial charge in [0, 0.05) is 32.5 Å². The average Bonchev–Trinajstić information content (AvgIpc) is 3.49. The first-order valence-corrected chi connectivity index (χ1v) is 10.3. The Hall–Kier alpha value is -3.55. The summed E-state index contributed by atoms with van der Waals surface area (Å²) in [7, 11) is 3.52. The van der Waals surface area contributed by atoms with Crippen molar-refractivity contribution in [3.05, 3.63) is 72.2 Å². The van der Waals surface area contributed by atoms with Gasteiger partial charge in [-0.05, 0) is 42.7 Å². The molecular formula is C23H26N4O4. The Bertz CT molecular complexity index is 1030. The Balaban J connectivity index is 1.51. The van der Waals surface area contributed by atoms with Crippen molar-refractivity contribution in [3.8, 4) is 5.75 Å². The monoisotopic (exact) mass is 422 g/mol. The van der Waals surface area contributed by atoms with Crippen LogP contribution in [-0.2, 0) is 11.8 Å². The van der Waals surface area contributed by atoms with Crippen LogP contribution in [0.5, 0.6) is 5.75 Å². The quantitative estimate of drug-likeness (QED) is 0.660. The van der Waals surface area contributed by atoms with E-state index in [4.69, 9.17) is 9.15 Å². The molecule has 0 spiro atoms. The third-order valence-electron chi connectivity index (χ3n) is 5.66. The molecule has 2 amide bonds. The lowest BCUT2D eigenvalue weighted by Gasteiger charge is -2.32. The van der Waals surface area contributed by atoms with Crippen molar-refractivity contribution in [2.75, 3.05) is 20.2 Å². The minimum atomic E-state index is -0.408. The van der Waals surface area contributed by atoms with E-state index in [2.05, 4.69) is 10.3 Å². The van der Waals surface area contributed by atoms with Gasteiger partial charge in [0.25, 0.3) is 5.91 Å². The molecule has 8 nitrogen and oxygen atoms in total. The molecule has 0 bridgehead atoms. The lowest BCUT2D eigenvalue weighted by atomic mass is 9.95. The summed E-state index contributed by atoms with van der Waals surface area (Å²) in [5, 5.41) is 3.15. The number of hydrogen-bond donors (Lipinski definition) is 1. The molecule has 3 aromatic rings. The molecule has 1 N–H and O–H groups in total. The molecule has 0 aliphatic carbocycles. The highest BCUT2D eigenvalue weighted by Gasteiger charge is 2.32. The number of amides is 2. The van der Waals surface area contributed by atoms with Crippen LogP contribution >= 0.6 is 0 Å². The number of rotatable bonds is 6. The Morgan fingerprint density at radius 1 is 1.26 bits per heavy atom. The van der Waals surface area contributed by atoms with Gasteiger partial charge < -0.3 is 23.9 Å². The van der Waals surface area contributed by atoms with Crippen molar-refractivity contribution in [3.63, 3.8) is 0 Å². The van der Waals surface area contributed by atoms with E-state index >= 15 is 0 Å². The van der Waals surface area contributed by atoms with Crippen molar-refractivity contribution < 1.29 is 18.7 Å². The van der Waals surface area contributed by atoms with Gasteiger partial charge in [-0.25, -0.2) is 4.98 Å². The van der Waals surface area contributed by atoms with Crippen LogP contribution in [0.25, 0.3) is 0 Å². The van der Waals surface area contributed by atoms with Crippen LogP contribution in [0.1, 0.15) is 40.8 Å². The molecule has 3 heterocycles. The summed E-state index contributed by atoms with van der Waals surface area (Å²) in [6.07, 6.45) is 6.53. The SMILES string of the molecule is COc1ccc(C(NC(=O)C2CCCN(C(=O)c3ccco3)C2)c2nccn2C)cc1. The number of benzene rings is 1. The summed E-state index contributed by atoms with van der Waals surface area (Å²) in [6.45, 7) is 0.978.